The number of carbonyl (C=O) groups excluding carboxylic acids is 1. The number of nitrogens with one attached hydrogen (secondary N) is 1. The van der Waals surface area contributed by atoms with Crippen LogP contribution in [0.3, 0.4) is 0 Å². The zero-order valence-corrected chi connectivity index (χ0v) is 12.3. The number of amides is 1. The number of hydrogen-bond acceptors (Lipinski definition) is 3. The van der Waals surface area contributed by atoms with Gasteiger partial charge in [-0.2, -0.15) is 0 Å². The maximum atomic E-state index is 11.9. The molecule has 0 heterocycles. The average molecular weight is 265 g/mol. The third-order valence-electron chi connectivity index (χ3n) is 3.16. The third-order valence-corrected chi connectivity index (χ3v) is 3.16. The molecule has 2 atom stereocenters. The predicted molar refractivity (Wildman–Crippen MR) is 75.2 cm³/mol. The zero-order chi connectivity index (χ0) is 14.4. The van der Waals surface area contributed by atoms with Crippen molar-refractivity contribution in [2.24, 2.45) is 5.92 Å². The van der Waals surface area contributed by atoms with Crippen LogP contribution in [0.15, 0.2) is 24.3 Å². The Balaban J connectivity index is 2.84. The van der Waals surface area contributed by atoms with Crippen LogP contribution in [-0.4, -0.2) is 26.2 Å². The maximum absolute atomic E-state index is 11.9. The summed E-state index contributed by atoms with van der Waals surface area (Å²) in [7, 11) is 3.17. The van der Waals surface area contributed by atoms with Crippen molar-refractivity contribution in [2.45, 2.75) is 32.9 Å². The normalized spacial score (nSPS) is 14.0. The van der Waals surface area contributed by atoms with E-state index in [1.165, 1.54) is 7.11 Å². The number of hydrogen-bond donors (Lipinski definition) is 1. The zero-order valence-electron chi connectivity index (χ0n) is 12.3. The second-order valence-corrected chi connectivity index (χ2v) is 4.88. The summed E-state index contributed by atoms with van der Waals surface area (Å²) in [5, 5.41) is 3.02. The molecule has 4 nitrogen and oxygen atoms in total. The molecule has 1 rings (SSSR count). The molecule has 0 aliphatic rings. The van der Waals surface area contributed by atoms with Crippen molar-refractivity contribution in [1.82, 2.24) is 5.32 Å². The Kier molecular flexibility index (Phi) is 5.83. The Hall–Kier alpha value is -1.55. The van der Waals surface area contributed by atoms with Crippen molar-refractivity contribution in [1.29, 1.82) is 0 Å². The number of rotatable bonds is 6. The van der Waals surface area contributed by atoms with Crippen LogP contribution in [0.5, 0.6) is 5.75 Å². The minimum Gasteiger partial charge on any atom is -0.497 e. The maximum Gasteiger partial charge on any atom is 0.249 e. The molecule has 0 fully saturated rings. The van der Waals surface area contributed by atoms with Crippen LogP contribution in [0.4, 0.5) is 0 Å². The largest absolute Gasteiger partial charge is 0.497 e. The van der Waals surface area contributed by atoms with E-state index < -0.39 is 6.10 Å². The molecule has 0 aromatic heterocycles. The molecule has 1 N–H and O–H groups in total. The Morgan fingerprint density at radius 2 is 1.68 bits per heavy atom. The lowest BCUT2D eigenvalue weighted by atomic mass is 9.95. The van der Waals surface area contributed by atoms with Gasteiger partial charge in [-0.1, -0.05) is 26.0 Å². The quantitative estimate of drug-likeness (QED) is 0.860. The van der Waals surface area contributed by atoms with E-state index in [9.17, 15) is 4.79 Å². The standard InChI is InChI=1S/C15H23NO3/c1-10(2)14(16-15(17)11(3)18-4)12-6-8-13(19-5)9-7-12/h6-11,14H,1-5H3,(H,16,17)/t11-,14-/m1/s1. The molecule has 1 amide bonds. The first-order chi connectivity index (χ1) is 8.99. The molecule has 1 aromatic carbocycles. The SMILES string of the molecule is COc1ccc([C@H](NC(=O)[C@@H](C)OC)C(C)C)cc1. The lowest BCUT2D eigenvalue weighted by Gasteiger charge is -2.24. The van der Waals surface area contributed by atoms with Crippen LogP contribution in [0, 0.1) is 5.92 Å². The lowest BCUT2D eigenvalue weighted by molar-refractivity contribution is -0.131. The highest BCUT2D eigenvalue weighted by atomic mass is 16.5. The van der Waals surface area contributed by atoms with E-state index in [2.05, 4.69) is 19.2 Å². The van der Waals surface area contributed by atoms with Gasteiger partial charge in [0, 0.05) is 7.11 Å². The Morgan fingerprint density at radius 1 is 1.11 bits per heavy atom. The van der Waals surface area contributed by atoms with Crippen LogP contribution in [0.1, 0.15) is 32.4 Å². The van der Waals surface area contributed by atoms with E-state index in [1.54, 1.807) is 14.0 Å². The van der Waals surface area contributed by atoms with Crippen LogP contribution in [0.25, 0.3) is 0 Å². The van der Waals surface area contributed by atoms with Crippen molar-refractivity contribution in [3.05, 3.63) is 29.8 Å². The molecule has 106 valence electrons. The molecule has 0 bridgehead atoms. The van der Waals surface area contributed by atoms with Crippen molar-refractivity contribution >= 4 is 5.91 Å². The Bertz CT molecular complexity index is 400. The molecule has 19 heavy (non-hydrogen) atoms. The molecule has 4 heteroatoms. The van der Waals surface area contributed by atoms with Crippen LogP contribution < -0.4 is 10.1 Å². The molecule has 0 saturated heterocycles. The van der Waals surface area contributed by atoms with Crippen LogP contribution in [0.2, 0.25) is 0 Å². The van der Waals surface area contributed by atoms with Crippen molar-refractivity contribution in [2.75, 3.05) is 14.2 Å². The summed E-state index contributed by atoms with van der Waals surface area (Å²) in [6, 6.07) is 7.71. The van der Waals surface area contributed by atoms with Crippen LogP contribution in [-0.2, 0) is 9.53 Å². The summed E-state index contributed by atoms with van der Waals surface area (Å²) < 4.78 is 10.2. The Labute approximate surface area is 115 Å². The number of benzene rings is 1. The van der Waals surface area contributed by atoms with E-state index in [0.717, 1.165) is 11.3 Å². The summed E-state index contributed by atoms with van der Waals surface area (Å²) in [6.45, 7) is 5.89. The Morgan fingerprint density at radius 3 is 2.11 bits per heavy atom. The molecule has 0 aliphatic carbocycles. The van der Waals surface area contributed by atoms with Gasteiger partial charge in [-0.25, -0.2) is 0 Å². The second kappa shape index (κ2) is 7.14. The van der Waals surface area contributed by atoms with Crippen molar-refractivity contribution < 1.29 is 14.3 Å². The smallest absolute Gasteiger partial charge is 0.249 e. The molecule has 0 spiro atoms. The summed E-state index contributed by atoms with van der Waals surface area (Å²) in [4.78, 5) is 11.9. The second-order valence-electron chi connectivity index (χ2n) is 4.88. The summed E-state index contributed by atoms with van der Waals surface area (Å²) in [6.07, 6.45) is -0.445. The highest BCUT2D eigenvalue weighted by molar-refractivity contribution is 5.80. The first-order valence-corrected chi connectivity index (χ1v) is 6.46. The van der Waals surface area contributed by atoms with Gasteiger partial charge in [-0.3, -0.25) is 4.79 Å². The molecule has 0 aliphatic heterocycles. The lowest BCUT2D eigenvalue weighted by Crippen LogP contribution is -2.38. The predicted octanol–water partition coefficient (Wildman–Crippen LogP) is 2.54. The number of ether oxygens (including phenoxy) is 2. The first kappa shape index (κ1) is 15.5. The van der Waals surface area contributed by atoms with Crippen LogP contribution >= 0.6 is 0 Å². The number of carbonyl (C=O) groups is 1. The number of methoxy groups -OCH3 is 2. The van der Waals surface area contributed by atoms with E-state index in [0.29, 0.717) is 5.92 Å². The van der Waals surface area contributed by atoms with E-state index >= 15 is 0 Å². The van der Waals surface area contributed by atoms with Gasteiger partial charge in [-0.05, 0) is 30.5 Å². The van der Waals surface area contributed by atoms with Gasteiger partial charge < -0.3 is 14.8 Å². The van der Waals surface area contributed by atoms with Gasteiger partial charge in [0.15, 0.2) is 0 Å². The van der Waals surface area contributed by atoms with Gasteiger partial charge in [0.1, 0.15) is 11.9 Å². The first-order valence-electron chi connectivity index (χ1n) is 6.46. The fourth-order valence-corrected chi connectivity index (χ4v) is 1.82. The van der Waals surface area contributed by atoms with E-state index in [4.69, 9.17) is 9.47 Å². The van der Waals surface area contributed by atoms with Crippen molar-refractivity contribution in [3.63, 3.8) is 0 Å². The van der Waals surface area contributed by atoms with E-state index in [1.807, 2.05) is 24.3 Å². The molecule has 1 aromatic rings. The molecule has 0 radical (unpaired) electrons. The molecular weight excluding hydrogens is 242 g/mol. The monoisotopic (exact) mass is 265 g/mol. The van der Waals surface area contributed by atoms with Gasteiger partial charge >= 0.3 is 0 Å². The fourth-order valence-electron chi connectivity index (χ4n) is 1.82. The van der Waals surface area contributed by atoms with Gasteiger partial charge in [0.25, 0.3) is 0 Å². The van der Waals surface area contributed by atoms with Gasteiger partial charge in [0.05, 0.1) is 13.2 Å². The highest BCUT2D eigenvalue weighted by Crippen LogP contribution is 2.24. The van der Waals surface area contributed by atoms with Gasteiger partial charge in [0.2, 0.25) is 5.91 Å². The minimum absolute atomic E-state index is 0.0315. The molecule has 0 unspecified atom stereocenters. The highest BCUT2D eigenvalue weighted by Gasteiger charge is 2.21. The van der Waals surface area contributed by atoms with Crippen molar-refractivity contribution in [3.8, 4) is 5.75 Å². The summed E-state index contributed by atoms with van der Waals surface area (Å²) in [5.74, 6) is 1.00. The molecule has 0 saturated carbocycles. The summed E-state index contributed by atoms with van der Waals surface area (Å²) in [5.41, 5.74) is 1.06. The average Bonchev–Trinajstić information content (AvgIpc) is 2.43. The molecular formula is C15H23NO3. The summed E-state index contributed by atoms with van der Waals surface area (Å²) >= 11 is 0. The fraction of sp³-hybridized carbons (Fsp3) is 0.533. The van der Waals surface area contributed by atoms with E-state index in [-0.39, 0.29) is 11.9 Å². The van der Waals surface area contributed by atoms with Gasteiger partial charge in [-0.15, -0.1) is 0 Å². The third kappa shape index (κ3) is 4.24. The topological polar surface area (TPSA) is 47.6 Å². The minimum atomic E-state index is -0.445.